The fourth-order valence-electron chi connectivity index (χ4n) is 1.04. The van der Waals surface area contributed by atoms with Crippen LogP contribution in [0.15, 0.2) is 35.7 Å². The summed E-state index contributed by atoms with van der Waals surface area (Å²) in [5, 5.41) is 3.22. The molecule has 12 heavy (non-hydrogen) atoms. The van der Waals surface area contributed by atoms with Crippen LogP contribution in [0.1, 0.15) is 11.6 Å². The van der Waals surface area contributed by atoms with Gasteiger partial charge in [0, 0.05) is 24.7 Å². The highest BCUT2D eigenvalue weighted by atomic mass is 16.3. The highest BCUT2D eigenvalue weighted by molar-refractivity contribution is 5.12. The minimum Gasteiger partial charge on any atom is -0.472 e. The predicted molar refractivity (Wildman–Crippen MR) is 48.7 cm³/mol. The molecule has 0 spiro atoms. The van der Waals surface area contributed by atoms with Gasteiger partial charge in [-0.1, -0.05) is 6.08 Å². The summed E-state index contributed by atoms with van der Waals surface area (Å²) in [4.78, 5) is 0. The van der Waals surface area contributed by atoms with Gasteiger partial charge in [-0.3, -0.25) is 0 Å². The highest BCUT2D eigenvalue weighted by Crippen LogP contribution is 2.10. The van der Waals surface area contributed by atoms with Crippen molar-refractivity contribution in [3.8, 4) is 0 Å². The van der Waals surface area contributed by atoms with Crippen molar-refractivity contribution >= 4 is 0 Å². The van der Waals surface area contributed by atoms with E-state index in [1.807, 2.05) is 12.1 Å². The smallest absolute Gasteiger partial charge is 0.0950 e. The summed E-state index contributed by atoms with van der Waals surface area (Å²) in [6.45, 7) is 4.94. The van der Waals surface area contributed by atoms with E-state index in [2.05, 4.69) is 11.9 Å². The largest absolute Gasteiger partial charge is 0.472 e. The molecule has 0 radical (unpaired) electrons. The molecule has 3 heteroatoms. The Labute approximate surface area is 72.3 Å². The van der Waals surface area contributed by atoms with Crippen LogP contribution in [0.25, 0.3) is 0 Å². The van der Waals surface area contributed by atoms with Gasteiger partial charge in [-0.05, 0) is 6.07 Å². The number of hydrogen-bond donors (Lipinski definition) is 2. The van der Waals surface area contributed by atoms with Crippen LogP contribution >= 0.6 is 0 Å². The van der Waals surface area contributed by atoms with Gasteiger partial charge < -0.3 is 15.5 Å². The zero-order valence-corrected chi connectivity index (χ0v) is 6.99. The third kappa shape index (κ3) is 2.22. The van der Waals surface area contributed by atoms with E-state index >= 15 is 0 Å². The van der Waals surface area contributed by atoms with Crippen molar-refractivity contribution in [2.45, 2.75) is 6.04 Å². The summed E-state index contributed by atoms with van der Waals surface area (Å²) in [6.07, 6.45) is 5.16. The van der Waals surface area contributed by atoms with Gasteiger partial charge in [-0.2, -0.15) is 0 Å². The molecule has 0 saturated heterocycles. The number of rotatable bonds is 5. The highest BCUT2D eigenvalue weighted by Gasteiger charge is 2.07. The molecule has 1 heterocycles. The van der Waals surface area contributed by atoms with Crippen LogP contribution in [-0.4, -0.2) is 13.1 Å². The zero-order valence-electron chi connectivity index (χ0n) is 6.99. The molecule has 1 unspecified atom stereocenters. The van der Waals surface area contributed by atoms with E-state index in [0.29, 0.717) is 6.54 Å². The molecule has 0 aromatic carbocycles. The number of hydrogen-bond acceptors (Lipinski definition) is 3. The third-order valence-electron chi connectivity index (χ3n) is 1.69. The Morgan fingerprint density at radius 2 is 2.58 bits per heavy atom. The van der Waals surface area contributed by atoms with Crippen LogP contribution < -0.4 is 11.1 Å². The molecule has 66 valence electrons. The maximum absolute atomic E-state index is 5.57. The Bertz CT molecular complexity index is 218. The van der Waals surface area contributed by atoms with E-state index < -0.39 is 0 Å². The van der Waals surface area contributed by atoms with Gasteiger partial charge >= 0.3 is 0 Å². The Balaban J connectivity index is 2.51. The lowest BCUT2D eigenvalue weighted by Gasteiger charge is -2.12. The van der Waals surface area contributed by atoms with Crippen molar-refractivity contribution in [3.63, 3.8) is 0 Å². The molecule has 1 atom stereocenters. The van der Waals surface area contributed by atoms with Gasteiger partial charge in [0.05, 0.1) is 12.5 Å². The molecule has 1 aromatic rings. The van der Waals surface area contributed by atoms with E-state index in [1.54, 1.807) is 12.5 Å². The van der Waals surface area contributed by atoms with Crippen molar-refractivity contribution in [1.29, 1.82) is 0 Å². The molecule has 0 aliphatic heterocycles. The van der Waals surface area contributed by atoms with Crippen LogP contribution in [0.3, 0.4) is 0 Å². The second-order valence-corrected chi connectivity index (χ2v) is 2.54. The monoisotopic (exact) mass is 166 g/mol. The van der Waals surface area contributed by atoms with Gasteiger partial charge in [0.2, 0.25) is 0 Å². The first-order valence-corrected chi connectivity index (χ1v) is 3.95. The number of furan rings is 1. The molecule has 3 nitrogen and oxygen atoms in total. The lowest BCUT2D eigenvalue weighted by molar-refractivity contribution is 0.538. The minimum absolute atomic E-state index is 0.168. The molecular weight excluding hydrogens is 152 g/mol. The molecule has 0 fully saturated rings. The lowest BCUT2D eigenvalue weighted by Crippen LogP contribution is -2.27. The molecule has 0 saturated carbocycles. The van der Waals surface area contributed by atoms with Gasteiger partial charge in [-0.25, -0.2) is 0 Å². The molecule has 1 rings (SSSR count). The molecule has 0 bridgehead atoms. The molecular formula is C9H14N2O. The Hall–Kier alpha value is -1.06. The normalized spacial score (nSPS) is 12.8. The summed E-state index contributed by atoms with van der Waals surface area (Å²) in [7, 11) is 0. The van der Waals surface area contributed by atoms with E-state index in [-0.39, 0.29) is 6.04 Å². The van der Waals surface area contributed by atoms with Crippen LogP contribution in [0.2, 0.25) is 0 Å². The molecule has 3 N–H and O–H groups in total. The summed E-state index contributed by atoms with van der Waals surface area (Å²) in [5.41, 5.74) is 6.65. The van der Waals surface area contributed by atoms with Crippen LogP contribution in [0.4, 0.5) is 0 Å². The van der Waals surface area contributed by atoms with Crippen LogP contribution in [-0.2, 0) is 0 Å². The van der Waals surface area contributed by atoms with Gasteiger partial charge in [0.1, 0.15) is 0 Å². The average molecular weight is 166 g/mol. The Kier molecular flexibility index (Phi) is 3.57. The van der Waals surface area contributed by atoms with Crippen molar-refractivity contribution in [2.75, 3.05) is 13.1 Å². The van der Waals surface area contributed by atoms with E-state index in [1.165, 1.54) is 0 Å². The standard InChI is InChI=1S/C9H14N2O/c1-2-4-11-9(6-10)8-3-5-12-7-8/h2-3,5,7,9,11H,1,4,6,10H2. The maximum atomic E-state index is 5.57. The second-order valence-electron chi connectivity index (χ2n) is 2.54. The number of nitrogens with one attached hydrogen (secondary N) is 1. The summed E-state index contributed by atoms with van der Waals surface area (Å²) in [6, 6.07) is 2.08. The first kappa shape index (κ1) is 9.03. The predicted octanol–water partition coefficient (Wildman–Crippen LogP) is 1.06. The second kappa shape index (κ2) is 4.74. The molecule has 1 aromatic heterocycles. The maximum Gasteiger partial charge on any atom is 0.0950 e. The topological polar surface area (TPSA) is 51.2 Å². The van der Waals surface area contributed by atoms with Gasteiger partial charge in [0.25, 0.3) is 0 Å². The fraction of sp³-hybridized carbons (Fsp3) is 0.333. The van der Waals surface area contributed by atoms with Gasteiger partial charge in [-0.15, -0.1) is 6.58 Å². The third-order valence-corrected chi connectivity index (χ3v) is 1.69. The van der Waals surface area contributed by atoms with Crippen molar-refractivity contribution in [2.24, 2.45) is 5.73 Å². The van der Waals surface area contributed by atoms with E-state index in [9.17, 15) is 0 Å². The number of nitrogens with two attached hydrogens (primary N) is 1. The first-order valence-electron chi connectivity index (χ1n) is 3.95. The SMILES string of the molecule is C=CCNC(CN)c1ccoc1. The Morgan fingerprint density at radius 3 is 3.08 bits per heavy atom. The van der Waals surface area contributed by atoms with Crippen molar-refractivity contribution < 1.29 is 4.42 Å². The summed E-state index contributed by atoms with van der Waals surface area (Å²) in [5.74, 6) is 0. The quantitative estimate of drug-likeness (QED) is 0.643. The van der Waals surface area contributed by atoms with Crippen LogP contribution in [0.5, 0.6) is 0 Å². The fourth-order valence-corrected chi connectivity index (χ4v) is 1.04. The lowest BCUT2D eigenvalue weighted by atomic mass is 10.1. The Morgan fingerprint density at radius 1 is 1.75 bits per heavy atom. The average Bonchev–Trinajstić information content (AvgIpc) is 2.59. The zero-order chi connectivity index (χ0) is 8.81. The van der Waals surface area contributed by atoms with Gasteiger partial charge in [0.15, 0.2) is 0 Å². The molecule has 0 aliphatic rings. The minimum atomic E-state index is 0.168. The molecule has 0 aliphatic carbocycles. The van der Waals surface area contributed by atoms with E-state index in [0.717, 1.165) is 12.1 Å². The van der Waals surface area contributed by atoms with Crippen molar-refractivity contribution in [3.05, 3.63) is 36.8 Å². The molecule has 0 amide bonds. The van der Waals surface area contributed by atoms with Crippen LogP contribution in [0, 0.1) is 0 Å². The van der Waals surface area contributed by atoms with Crippen molar-refractivity contribution in [1.82, 2.24) is 5.32 Å². The van der Waals surface area contributed by atoms with E-state index in [4.69, 9.17) is 10.2 Å². The summed E-state index contributed by atoms with van der Waals surface area (Å²) >= 11 is 0. The first-order chi connectivity index (χ1) is 5.88. The summed E-state index contributed by atoms with van der Waals surface area (Å²) < 4.78 is 4.96.